The Bertz CT molecular complexity index is 604. The Morgan fingerprint density at radius 3 is 2.33 bits per heavy atom. The van der Waals surface area contributed by atoms with Crippen LogP contribution in [0.1, 0.15) is 36.9 Å². The van der Waals surface area contributed by atoms with Crippen LogP contribution in [0.5, 0.6) is 0 Å². The zero-order valence-corrected chi connectivity index (χ0v) is 12.3. The van der Waals surface area contributed by atoms with Gasteiger partial charge in [-0.1, -0.05) is 43.3 Å². The first-order chi connectivity index (χ1) is 9.92. The third kappa shape index (κ3) is 3.97. The first-order valence-electron chi connectivity index (χ1n) is 7.20. The largest absolute Gasteiger partial charge is 0.389 e. The third-order valence-corrected chi connectivity index (χ3v) is 3.72. The van der Waals surface area contributed by atoms with E-state index in [0.29, 0.717) is 6.54 Å². The van der Waals surface area contributed by atoms with Crippen molar-refractivity contribution >= 4 is 10.8 Å². The second-order valence-electron chi connectivity index (χ2n) is 5.28. The van der Waals surface area contributed by atoms with Crippen LogP contribution in [-0.2, 0) is 0 Å². The van der Waals surface area contributed by atoms with Crippen molar-refractivity contribution in [2.45, 2.75) is 38.9 Å². The molecule has 1 unspecified atom stereocenters. The lowest BCUT2D eigenvalue weighted by Crippen LogP contribution is -2.23. The highest BCUT2D eigenvalue weighted by atomic mass is 19.4. The fourth-order valence-corrected chi connectivity index (χ4v) is 2.70. The van der Waals surface area contributed by atoms with Gasteiger partial charge in [-0.2, -0.15) is 13.2 Å². The van der Waals surface area contributed by atoms with Crippen LogP contribution in [0.4, 0.5) is 13.2 Å². The second-order valence-corrected chi connectivity index (χ2v) is 5.28. The Morgan fingerprint density at radius 1 is 1.05 bits per heavy atom. The molecule has 4 heteroatoms. The molecular weight excluding hydrogens is 275 g/mol. The van der Waals surface area contributed by atoms with Crippen LogP contribution in [0.2, 0.25) is 0 Å². The summed E-state index contributed by atoms with van der Waals surface area (Å²) in [5.74, 6) is 0. The molecule has 21 heavy (non-hydrogen) atoms. The molecule has 1 nitrogen and oxygen atoms in total. The van der Waals surface area contributed by atoms with Crippen molar-refractivity contribution in [2.24, 2.45) is 0 Å². The third-order valence-electron chi connectivity index (χ3n) is 3.72. The molecule has 0 spiro atoms. The van der Waals surface area contributed by atoms with Crippen LogP contribution in [0.3, 0.4) is 0 Å². The van der Waals surface area contributed by atoms with E-state index in [1.54, 1.807) is 0 Å². The van der Waals surface area contributed by atoms with Gasteiger partial charge >= 0.3 is 6.18 Å². The second kappa shape index (κ2) is 6.48. The van der Waals surface area contributed by atoms with Crippen molar-refractivity contribution in [3.05, 3.63) is 47.5 Å². The molecule has 0 bridgehead atoms. The van der Waals surface area contributed by atoms with Crippen LogP contribution >= 0.6 is 0 Å². The summed E-state index contributed by atoms with van der Waals surface area (Å²) in [6.45, 7) is 4.58. The molecule has 0 aliphatic carbocycles. The molecule has 114 valence electrons. The van der Waals surface area contributed by atoms with Gasteiger partial charge in [-0.15, -0.1) is 0 Å². The molecule has 0 radical (unpaired) electrons. The minimum absolute atomic E-state index is 0.0599. The normalized spacial score (nSPS) is 13.6. The van der Waals surface area contributed by atoms with E-state index in [1.165, 1.54) is 0 Å². The van der Waals surface area contributed by atoms with E-state index in [9.17, 15) is 13.2 Å². The van der Waals surface area contributed by atoms with Crippen LogP contribution in [0.25, 0.3) is 10.8 Å². The summed E-state index contributed by atoms with van der Waals surface area (Å²) < 4.78 is 37.6. The first kappa shape index (κ1) is 15.8. The highest BCUT2D eigenvalue weighted by Gasteiger charge is 2.29. The molecule has 2 aromatic carbocycles. The molecule has 0 aliphatic heterocycles. The summed E-state index contributed by atoms with van der Waals surface area (Å²) in [5.41, 5.74) is 2.09. The maximum absolute atomic E-state index is 12.5. The number of aryl methyl sites for hydroxylation is 1. The van der Waals surface area contributed by atoms with Crippen molar-refractivity contribution in [3.8, 4) is 0 Å². The van der Waals surface area contributed by atoms with Crippen molar-refractivity contribution in [2.75, 3.05) is 6.54 Å². The van der Waals surface area contributed by atoms with Gasteiger partial charge in [-0.3, -0.25) is 0 Å². The molecule has 0 saturated carbocycles. The lowest BCUT2D eigenvalue weighted by molar-refractivity contribution is -0.136. The van der Waals surface area contributed by atoms with E-state index in [4.69, 9.17) is 0 Å². The number of hydrogen-bond acceptors (Lipinski definition) is 1. The zero-order chi connectivity index (χ0) is 15.5. The van der Waals surface area contributed by atoms with Crippen molar-refractivity contribution < 1.29 is 13.2 Å². The number of alkyl halides is 3. The first-order valence-corrected chi connectivity index (χ1v) is 7.20. The number of benzene rings is 2. The lowest BCUT2D eigenvalue weighted by Gasteiger charge is -2.21. The van der Waals surface area contributed by atoms with Gasteiger partial charge in [0.25, 0.3) is 0 Å². The summed E-state index contributed by atoms with van der Waals surface area (Å²) >= 11 is 0. The van der Waals surface area contributed by atoms with Crippen LogP contribution in [-0.4, -0.2) is 12.7 Å². The molecule has 0 aliphatic rings. The molecule has 0 saturated heterocycles. The smallest absolute Gasteiger partial charge is 0.310 e. The van der Waals surface area contributed by atoms with Crippen LogP contribution in [0, 0.1) is 6.92 Å². The van der Waals surface area contributed by atoms with Gasteiger partial charge in [0.1, 0.15) is 0 Å². The molecule has 1 N–H and O–H groups in total. The van der Waals surface area contributed by atoms with Gasteiger partial charge in [0.05, 0.1) is 0 Å². The summed E-state index contributed by atoms with van der Waals surface area (Å²) in [6.07, 6.45) is -4.83. The Labute approximate surface area is 123 Å². The minimum Gasteiger partial charge on any atom is -0.310 e. The topological polar surface area (TPSA) is 12.0 Å². The Hall–Kier alpha value is -1.55. The summed E-state index contributed by atoms with van der Waals surface area (Å²) in [7, 11) is 0. The predicted octanol–water partition coefficient (Wildman–Crippen LogP) is 5.14. The van der Waals surface area contributed by atoms with Gasteiger partial charge in [0, 0.05) is 12.5 Å². The lowest BCUT2D eigenvalue weighted by atomic mass is 9.93. The van der Waals surface area contributed by atoms with Gasteiger partial charge in [0.2, 0.25) is 0 Å². The van der Waals surface area contributed by atoms with Gasteiger partial charge in [-0.25, -0.2) is 0 Å². The quantitative estimate of drug-likeness (QED) is 0.805. The van der Waals surface area contributed by atoms with E-state index in [2.05, 4.69) is 5.32 Å². The fraction of sp³-hybridized carbons (Fsp3) is 0.412. The molecule has 0 heterocycles. The number of nitrogens with one attached hydrogen (secondary N) is 1. The SMILES string of the molecule is CCNC(CCC(F)(F)F)c1ccc(C)c2ccccc12. The summed E-state index contributed by atoms with van der Waals surface area (Å²) in [6, 6.07) is 11.5. The van der Waals surface area contributed by atoms with E-state index >= 15 is 0 Å². The maximum atomic E-state index is 12.5. The zero-order valence-electron chi connectivity index (χ0n) is 12.3. The van der Waals surface area contributed by atoms with E-state index in [-0.39, 0.29) is 12.5 Å². The number of halogens is 3. The average Bonchev–Trinajstić information content (AvgIpc) is 2.44. The number of fused-ring (bicyclic) bond motifs is 1. The molecule has 0 amide bonds. The molecule has 1 atom stereocenters. The predicted molar refractivity (Wildman–Crippen MR) is 80.4 cm³/mol. The van der Waals surface area contributed by atoms with Crippen molar-refractivity contribution in [1.29, 1.82) is 0 Å². The Morgan fingerprint density at radius 2 is 1.71 bits per heavy atom. The van der Waals surface area contributed by atoms with Crippen LogP contribution in [0.15, 0.2) is 36.4 Å². The fourth-order valence-electron chi connectivity index (χ4n) is 2.70. The van der Waals surface area contributed by atoms with Crippen molar-refractivity contribution in [1.82, 2.24) is 5.32 Å². The van der Waals surface area contributed by atoms with Gasteiger partial charge < -0.3 is 5.32 Å². The Kier molecular flexibility index (Phi) is 4.88. The molecule has 2 rings (SSSR count). The Balaban J connectivity index is 2.38. The van der Waals surface area contributed by atoms with Crippen molar-refractivity contribution in [3.63, 3.8) is 0 Å². The highest BCUT2D eigenvalue weighted by molar-refractivity contribution is 5.88. The summed E-state index contributed by atoms with van der Waals surface area (Å²) in [5, 5.41) is 5.32. The monoisotopic (exact) mass is 295 g/mol. The van der Waals surface area contributed by atoms with E-state index in [0.717, 1.165) is 21.9 Å². The summed E-state index contributed by atoms with van der Waals surface area (Å²) in [4.78, 5) is 0. The average molecular weight is 295 g/mol. The number of hydrogen-bond donors (Lipinski definition) is 1. The van der Waals surface area contributed by atoms with Gasteiger partial charge in [0.15, 0.2) is 0 Å². The van der Waals surface area contributed by atoms with Gasteiger partial charge in [-0.05, 0) is 41.8 Å². The highest BCUT2D eigenvalue weighted by Crippen LogP contribution is 2.32. The maximum Gasteiger partial charge on any atom is 0.389 e. The van der Waals surface area contributed by atoms with E-state index in [1.807, 2.05) is 50.2 Å². The van der Waals surface area contributed by atoms with Crippen LogP contribution < -0.4 is 5.32 Å². The van der Waals surface area contributed by atoms with E-state index < -0.39 is 12.6 Å². The molecule has 2 aromatic rings. The molecule has 0 fully saturated rings. The minimum atomic E-state index is -4.12. The number of rotatable bonds is 5. The standard InChI is InChI=1S/C17H20F3N/c1-3-21-16(10-11-17(18,19)20)15-9-8-12(2)13-6-4-5-7-14(13)15/h4-9,16,21H,3,10-11H2,1-2H3. The molecule has 0 aromatic heterocycles. The molecular formula is C17H20F3N.